The van der Waals surface area contributed by atoms with Crippen molar-refractivity contribution in [1.82, 2.24) is 0 Å². The molecule has 8 unspecified atom stereocenters. The fourth-order valence-electron chi connectivity index (χ4n) is 6.85. The SMILES string of the molecule is CC1=CC2C(=O)OC3CC(C/C=C(\C)CC(C)/C=C/C=C4\COC(/C1=N\O)C42O)OC1(CC[C@@H](C)C(C)O1)C3. The zero-order valence-electron chi connectivity index (χ0n) is 23.8. The van der Waals surface area contributed by atoms with Crippen molar-refractivity contribution in [2.24, 2.45) is 22.9 Å². The average molecular weight is 542 g/mol. The molecule has 39 heavy (non-hydrogen) atoms. The lowest BCUT2D eigenvalue weighted by molar-refractivity contribution is -0.332. The van der Waals surface area contributed by atoms with Gasteiger partial charge in [0, 0.05) is 19.3 Å². The van der Waals surface area contributed by atoms with Crippen molar-refractivity contribution in [1.29, 1.82) is 0 Å². The second-order valence-corrected chi connectivity index (χ2v) is 12.4. The highest BCUT2D eigenvalue weighted by Gasteiger charge is 2.59. The van der Waals surface area contributed by atoms with Crippen molar-refractivity contribution in [3.8, 4) is 0 Å². The number of hydrogen-bond acceptors (Lipinski definition) is 8. The molecule has 1 spiro atoms. The van der Waals surface area contributed by atoms with E-state index in [-0.39, 0.29) is 30.4 Å². The number of ether oxygens (including phenoxy) is 4. The summed E-state index contributed by atoms with van der Waals surface area (Å²) in [5, 5.41) is 25.2. The molecule has 5 aliphatic rings. The summed E-state index contributed by atoms with van der Waals surface area (Å²) in [5.41, 5.74) is 0.916. The highest BCUT2D eigenvalue weighted by molar-refractivity contribution is 6.06. The van der Waals surface area contributed by atoms with Gasteiger partial charge in [0.25, 0.3) is 0 Å². The summed E-state index contributed by atoms with van der Waals surface area (Å²) in [6, 6.07) is 0. The Morgan fingerprint density at radius 1 is 1.13 bits per heavy atom. The number of aliphatic hydroxyl groups is 1. The van der Waals surface area contributed by atoms with Crippen LogP contribution in [0, 0.1) is 17.8 Å². The molecule has 0 aromatic carbocycles. The molecule has 2 bridgehead atoms. The molecule has 8 nitrogen and oxygen atoms in total. The zero-order valence-corrected chi connectivity index (χ0v) is 23.8. The van der Waals surface area contributed by atoms with E-state index in [4.69, 9.17) is 18.9 Å². The van der Waals surface area contributed by atoms with Crippen molar-refractivity contribution in [2.75, 3.05) is 6.61 Å². The van der Waals surface area contributed by atoms with Gasteiger partial charge in [0.15, 0.2) is 5.79 Å². The molecule has 214 valence electrons. The van der Waals surface area contributed by atoms with Gasteiger partial charge in [-0.25, -0.2) is 0 Å². The number of carbonyl (C=O) groups is 1. The van der Waals surface area contributed by atoms with Crippen molar-refractivity contribution < 1.29 is 34.1 Å². The number of nitrogens with zero attached hydrogens (tertiary/aromatic N) is 1. The average Bonchev–Trinajstić information content (AvgIpc) is 3.21. The van der Waals surface area contributed by atoms with Crippen LogP contribution in [0.5, 0.6) is 0 Å². The molecular weight excluding hydrogens is 498 g/mol. The van der Waals surface area contributed by atoms with E-state index in [1.807, 2.05) is 12.2 Å². The van der Waals surface area contributed by atoms with Crippen molar-refractivity contribution in [3.63, 3.8) is 0 Å². The predicted molar refractivity (Wildman–Crippen MR) is 146 cm³/mol. The van der Waals surface area contributed by atoms with Gasteiger partial charge in [-0.15, -0.1) is 0 Å². The van der Waals surface area contributed by atoms with E-state index in [2.05, 4.69) is 45.0 Å². The Morgan fingerprint density at radius 3 is 2.67 bits per heavy atom. The van der Waals surface area contributed by atoms with E-state index in [0.29, 0.717) is 36.3 Å². The largest absolute Gasteiger partial charge is 0.462 e. The second-order valence-electron chi connectivity index (χ2n) is 12.4. The van der Waals surface area contributed by atoms with E-state index in [1.165, 1.54) is 5.57 Å². The number of esters is 1. The topological polar surface area (TPSA) is 107 Å². The molecular formula is C31H43NO7. The summed E-state index contributed by atoms with van der Waals surface area (Å²) in [6.45, 7) is 10.4. The third-order valence-corrected chi connectivity index (χ3v) is 9.25. The minimum atomic E-state index is -1.72. The summed E-state index contributed by atoms with van der Waals surface area (Å²) in [5.74, 6) is -1.62. The van der Waals surface area contributed by atoms with Crippen LogP contribution in [0.25, 0.3) is 0 Å². The minimum Gasteiger partial charge on any atom is -0.462 e. The normalized spacial score (nSPS) is 47.8. The monoisotopic (exact) mass is 541 g/mol. The van der Waals surface area contributed by atoms with Gasteiger partial charge in [-0.2, -0.15) is 0 Å². The quantitative estimate of drug-likeness (QED) is 0.192. The molecule has 3 fully saturated rings. The van der Waals surface area contributed by atoms with Crippen LogP contribution in [0.4, 0.5) is 0 Å². The molecule has 9 atom stereocenters. The van der Waals surface area contributed by atoms with Crippen LogP contribution < -0.4 is 0 Å². The first-order chi connectivity index (χ1) is 18.5. The summed E-state index contributed by atoms with van der Waals surface area (Å²) in [6.07, 6.45) is 12.6. The first-order valence-electron chi connectivity index (χ1n) is 14.4. The Bertz CT molecular complexity index is 1120. The van der Waals surface area contributed by atoms with Crippen LogP contribution >= 0.6 is 0 Å². The fourth-order valence-corrected chi connectivity index (χ4v) is 6.85. The maximum atomic E-state index is 13.9. The van der Waals surface area contributed by atoms with Crippen molar-refractivity contribution >= 4 is 11.7 Å². The van der Waals surface area contributed by atoms with Gasteiger partial charge in [0.1, 0.15) is 29.4 Å². The van der Waals surface area contributed by atoms with E-state index in [1.54, 1.807) is 13.0 Å². The molecule has 0 saturated carbocycles. The number of rotatable bonds is 0. The molecule has 0 radical (unpaired) electrons. The first kappa shape index (κ1) is 28.3. The number of oxime groups is 1. The number of carbonyl (C=O) groups excluding carboxylic acids is 1. The highest BCUT2D eigenvalue weighted by atomic mass is 16.7. The fraction of sp³-hybridized carbons (Fsp3) is 0.677. The van der Waals surface area contributed by atoms with Gasteiger partial charge in [-0.3, -0.25) is 4.79 Å². The van der Waals surface area contributed by atoms with E-state index >= 15 is 0 Å². The smallest absolute Gasteiger partial charge is 0.316 e. The molecule has 0 aromatic heterocycles. The summed E-state index contributed by atoms with van der Waals surface area (Å²) < 4.78 is 25.3. The third-order valence-electron chi connectivity index (χ3n) is 9.25. The Balaban J connectivity index is 1.53. The predicted octanol–water partition coefficient (Wildman–Crippen LogP) is 5.00. The number of allylic oxidation sites excluding steroid dienone is 4. The van der Waals surface area contributed by atoms with Crippen molar-refractivity contribution in [2.45, 2.75) is 109 Å². The number of fused-ring (bicyclic) bond motifs is 2. The third kappa shape index (κ3) is 5.41. The lowest BCUT2D eigenvalue weighted by atomic mass is 9.71. The van der Waals surface area contributed by atoms with Crippen LogP contribution in [0.1, 0.15) is 73.1 Å². The van der Waals surface area contributed by atoms with Crippen LogP contribution in [0.3, 0.4) is 0 Å². The lowest BCUT2D eigenvalue weighted by Crippen LogP contribution is -2.57. The highest BCUT2D eigenvalue weighted by Crippen LogP contribution is 2.46. The molecule has 4 heterocycles. The molecule has 3 saturated heterocycles. The van der Waals surface area contributed by atoms with E-state index < -0.39 is 35.5 Å². The summed E-state index contributed by atoms with van der Waals surface area (Å²) in [4.78, 5) is 13.9. The minimum absolute atomic E-state index is 0.0431. The number of hydrogen-bond donors (Lipinski definition) is 2. The molecule has 8 heteroatoms. The molecule has 1 aliphatic carbocycles. The van der Waals surface area contributed by atoms with E-state index in [9.17, 15) is 15.1 Å². The molecule has 5 rings (SSSR count). The lowest BCUT2D eigenvalue weighted by Gasteiger charge is -2.49. The standard InChI is InChI=1S/C31H43NO7/c1-18-7-6-8-23-17-36-28-27(32-35)21(4)14-26(31(23,28)34)29(33)37-25-15-24(10-9-19(2)13-18)39-30(16-25)12-11-20(3)22(5)38-30/h6-9,14,18,20,22,24-26,28,34-35H,10-13,15-17H2,1-5H3/b7-6+,19-9+,23-8+,32-27-/t18?,20-,22?,24?,25?,26?,28?,30?,31?/m1/s1. The van der Waals surface area contributed by atoms with Crippen LogP contribution in [-0.4, -0.2) is 64.4 Å². The second kappa shape index (κ2) is 11.0. The van der Waals surface area contributed by atoms with Gasteiger partial charge in [0.05, 0.1) is 18.8 Å². The molecule has 2 N–H and O–H groups in total. The maximum absolute atomic E-state index is 13.9. The Kier molecular flexibility index (Phi) is 7.94. The summed E-state index contributed by atoms with van der Waals surface area (Å²) >= 11 is 0. The summed E-state index contributed by atoms with van der Waals surface area (Å²) in [7, 11) is 0. The molecule has 4 aliphatic heterocycles. The van der Waals surface area contributed by atoms with Crippen LogP contribution in [-0.2, 0) is 23.7 Å². The zero-order chi connectivity index (χ0) is 27.9. The Hall–Kier alpha value is -2.26. The Morgan fingerprint density at radius 2 is 1.92 bits per heavy atom. The molecule has 0 amide bonds. The first-order valence-corrected chi connectivity index (χ1v) is 14.4. The Labute approximate surface area is 231 Å². The van der Waals surface area contributed by atoms with Gasteiger partial charge in [-0.05, 0) is 63.0 Å². The van der Waals surface area contributed by atoms with Gasteiger partial charge < -0.3 is 29.3 Å². The van der Waals surface area contributed by atoms with Gasteiger partial charge in [-0.1, -0.05) is 55.0 Å². The van der Waals surface area contributed by atoms with Crippen molar-refractivity contribution in [3.05, 3.63) is 47.1 Å². The van der Waals surface area contributed by atoms with Gasteiger partial charge in [0.2, 0.25) is 0 Å². The van der Waals surface area contributed by atoms with Gasteiger partial charge >= 0.3 is 5.97 Å². The molecule has 0 aromatic rings. The van der Waals surface area contributed by atoms with Crippen LogP contribution in [0.2, 0.25) is 0 Å². The van der Waals surface area contributed by atoms with Crippen LogP contribution in [0.15, 0.2) is 52.3 Å². The van der Waals surface area contributed by atoms with E-state index in [0.717, 1.165) is 19.3 Å². The maximum Gasteiger partial charge on any atom is 0.316 e.